The summed E-state index contributed by atoms with van der Waals surface area (Å²) in [6.07, 6.45) is 3.94. The highest BCUT2D eigenvalue weighted by molar-refractivity contribution is 5.45. The molecule has 2 heteroatoms. The van der Waals surface area contributed by atoms with Crippen LogP contribution in [0.15, 0.2) is 30.9 Å². The molecule has 86 valence electrons. The molecular formula is C14H19NO. The SMILES string of the molecule is C=CCC(NCC)c1cccc2c1OCC2. The molecule has 0 radical (unpaired) electrons. The van der Waals surface area contributed by atoms with Gasteiger partial charge in [0.25, 0.3) is 0 Å². The molecule has 1 heterocycles. The predicted molar refractivity (Wildman–Crippen MR) is 66.9 cm³/mol. The predicted octanol–water partition coefficient (Wildman–Crippen LogP) is 2.85. The molecule has 0 saturated heterocycles. The second-order valence-electron chi connectivity index (χ2n) is 4.07. The van der Waals surface area contributed by atoms with Crippen LogP contribution in [-0.2, 0) is 6.42 Å². The van der Waals surface area contributed by atoms with E-state index in [9.17, 15) is 0 Å². The molecule has 1 aliphatic rings. The van der Waals surface area contributed by atoms with Crippen LogP contribution in [0.2, 0.25) is 0 Å². The van der Waals surface area contributed by atoms with Crippen LogP contribution < -0.4 is 10.1 Å². The van der Waals surface area contributed by atoms with Gasteiger partial charge in [-0.3, -0.25) is 0 Å². The van der Waals surface area contributed by atoms with E-state index in [1.165, 1.54) is 11.1 Å². The minimum atomic E-state index is 0.329. The van der Waals surface area contributed by atoms with Gasteiger partial charge in [-0.15, -0.1) is 6.58 Å². The zero-order chi connectivity index (χ0) is 11.4. The molecule has 0 amide bonds. The number of benzene rings is 1. The summed E-state index contributed by atoms with van der Waals surface area (Å²) in [5.74, 6) is 1.09. The van der Waals surface area contributed by atoms with E-state index in [1.807, 2.05) is 6.08 Å². The van der Waals surface area contributed by atoms with E-state index in [0.29, 0.717) is 6.04 Å². The normalized spacial score (nSPS) is 15.3. The fourth-order valence-electron chi connectivity index (χ4n) is 2.25. The lowest BCUT2D eigenvalue weighted by molar-refractivity contribution is 0.348. The van der Waals surface area contributed by atoms with Crippen LogP contribution in [0, 0.1) is 0 Å². The number of hydrogen-bond donors (Lipinski definition) is 1. The van der Waals surface area contributed by atoms with Crippen LogP contribution in [0.4, 0.5) is 0 Å². The average molecular weight is 217 g/mol. The Hall–Kier alpha value is -1.28. The molecule has 2 rings (SSSR count). The maximum absolute atomic E-state index is 5.73. The van der Waals surface area contributed by atoms with Gasteiger partial charge < -0.3 is 10.1 Å². The van der Waals surface area contributed by atoms with Crippen molar-refractivity contribution >= 4 is 0 Å². The fraction of sp³-hybridized carbons (Fsp3) is 0.429. The second-order valence-corrected chi connectivity index (χ2v) is 4.07. The molecular weight excluding hydrogens is 198 g/mol. The monoisotopic (exact) mass is 217 g/mol. The first-order chi connectivity index (χ1) is 7.86. The van der Waals surface area contributed by atoms with Gasteiger partial charge in [-0.25, -0.2) is 0 Å². The van der Waals surface area contributed by atoms with Gasteiger partial charge in [0.05, 0.1) is 6.61 Å². The Balaban J connectivity index is 2.30. The van der Waals surface area contributed by atoms with Gasteiger partial charge in [0.1, 0.15) is 5.75 Å². The lowest BCUT2D eigenvalue weighted by atomic mass is 9.99. The van der Waals surface area contributed by atoms with Gasteiger partial charge in [0.2, 0.25) is 0 Å². The van der Waals surface area contributed by atoms with Crippen LogP contribution in [0.5, 0.6) is 5.75 Å². The summed E-state index contributed by atoms with van der Waals surface area (Å²) in [5, 5.41) is 3.48. The summed E-state index contributed by atoms with van der Waals surface area (Å²) in [6, 6.07) is 6.76. The van der Waals surface area contributed by atoms with Crippen molar-refractivity contribution in [1.29, 1.82) is 0 Å². The van der Waals surface area contributed by atoms with Crippen molar-refractivity contribution in [2.75, 3.05) is 13.2 Å². The van der Waals surface area contributed by atoms with E-state index in [0.717, 1.165) is 31.7 Å². The Morgan fingerprint density at radius 1 is 1.56 bits per heavy atom. The first kappa shape index (κ1) is 11.2. The Morgan fingerprint density at radius 2 is 2.44 bits per heavy atom. The minimum Gasteiger partial charge on any atom is -0.493 e. The Labute approximate surface area is 97.3 Å². The number of para-hydroxylation sites is 1. The highest BCUT2D eigenvalue weighted by atomic mass is 16.5. The second kappa shape index (κ2) is 5.17. The third-order valence-electron chi connectivity index (χ3n) is 2.97. The molecule has 0 aromatic heterocycles. The average Bonchev–Trinajstić information content (AvgIpc) is 2.76. The first-order valence-electron chi connectivity index (χ1n) is 5.95. The molecule has 0 spiro atoms. The van der Waals surface area contributed by atoms with Crippen LogP contribution in [0.25, 0.3) is 0 Å². The Bertz CT molecular complexity index is 373. The van der Waals surface area contributed by atoms with Crippen molar-refractivity contribution in [3.63, 3.8) is 0 Å². The van der Waals surface area contributed by atoms with Gasteiger partial charge in [-0.2, -0.15) is 0 Å². The van der Waals surface area contributed by atoms with E-state index in [1.54, 1.807) is 0 Å². The van der Waals surface area contributed by atoms with Crippen molar-refractivity contribution in [3.05, 3.63) is 42.0 Å². The van der Waals surface area contributed by atoms with Crippen LogP contribution >= 0.6 is 0 Å². The topological polar surface area (TPSA) is 21.3 Å². The molecule has 1 aromatic rings. The summed E-state index contributed by atoms with van der Waals surface area (Å²) in [6.45, 7) is 7.73. The van der Waals surface area contributed by atoms with Crippen molar-refractivity contribution in [2.24, 2.45) is 0 Å². The Kier molecular flexibility index (Phi) is 3.62. The molecule has 1 atom stereocenters. The van der Waals surface area contributed by atoms with E-state index in [4.69, 9.17) is 4.74 Å². The molecule has 1 aromatic carbocycles. The van der Waals surface area contributed by atoms with Gasteiger partial charge >= 0.3 is 0 Å². The lowest BCUT2D eigenvalue weighted by Gasteiger charge is -2.19. The highest BCUT2D eigenvalue weighted by Crippen LogP contribution is 2.34. The van der Waals surface area contributed by atoms with Crippen molar-refractivity contribution in [1.82, 2.24) is 5.32 Å². The summed E-state index contributed by atoms with van der Waals surface area (Å²) >= 11 is 0. The molecule has 1 unspecified atom stereocenters. The van der Waals surface area contributed by atoms with Crippen LogP contribution in [0.3, 0.4) is 0 Å². The summed E-state index contributed by atoms with van der Waals surface area (Å²) in [5.41, 5.74) is 2.61. The van der Waals surface area contributed by atoms with Crippen molar-refractivity contribution < 1.29 is 4.74 Å². The summed E-state index contributed by atoms with van der Waals surface area (Å²) < 4.78 is 5.73. The van der Waals surface area contributed by atoms with Crippen molar-refractivity contribution in [3.8, 4) is 5.75 Å². The number of ether oxygens (including phenoxy) is 1. The van der Waals surface area contributed by atoms with Crippen molar-refractivity contribution in [2.45, 2.75) is 25.8 Å². The third-order valence-corrected chi connectivity index (χ3v) is 2.97. The lowest BCUT2D eigenvalue weighted by Crippen LogP contribution is -2.20. The smallest absolute Gasteiger partial charge is 0.127 e. The standard InChI is InChI=1S/C14H19NO/c1-3-6-13(15-4-2)12-8-5-7-11-9-10-16-14(11)12/h3,5,7-8,13,15H,1,4,6,9-10H2,2H3. The molecule has 16 heavy (non-hydrogen) atoms. The third kappa shape index (κ3) is 2.12. The zero-order valence-electron chi connectivity index (χ0n) is 9.83. The number of fused-ring (bicyclic) bond motifs is 1. The van der Waals surface area contributed by atoms with Gasteiger partial charge in [-0.1, -0.05) is 31.2 Å². The molecule has 1 aliphatic heterocycles. The molecule has 0 fully saturated rings. The molecule has 1 N–H and O–H groups in total. The van der Waals surface area contributed by atoms with E-state index in [2.05, 4.69) is 37.0 Å². The van der Waals surface area contributed by atoms with Gasteiger partial charge in [-0.05, 0) is 18.5 Å². The van der Waals surface area contributed by atoms with Gasteiger partial charge in [0, 0.05) is 18.0 Å². The van der Waals surface area contributed by atoms with E-state index < -0.39 is 0 Å². The minimum absolute atomic E-state index is 0.329. The van der Waals surface area contributed by atoms with E-state index in [-0.39, 0.29) is 0 Å². The summed E-state index contributed by atoms with van der Waals surface area (Å²) in [4.78, 5) is 0. The maximum Gasteiger partial charge on any atom is 0.127 e. The number of nitrogens with one attached hydrogen (secondary N) is 1. The quantitative estimate of drug-likeness (QED) is 0.766. The number of hydrogen-bond acceptors (Lipinski definition) is 2. The van der Waals surface area contributed by atoms with E-state index >= 15 is 0 Å². The Morgan fingerprint density at radius 3 is 3.19 bits per heavy atom. The molecule has 2 nitrogen and oxygen atoms in total. The zero-order valence-corrected chi connectivity index (χ0v) is 9.83. The van der Waals surface area contributed by atoms with Gasteiger partial charge in [0.15, 0.2) is 0 Å². The largest absolute Gasteiger partial charge is 0.493 e. The number of rotatable bonds is 5. The van der Waals surface area contributed by atoms with Crippen LogP contribution in [0.1, 0.15) is 30.5 Å². The molecule has 0 saturated carbocycles. The maximum atomic E-state index is 5.73. The fourth-order valence-corrected chi connectivity index (χ4v) is 2.25. The summed E-state index contributed by atoms with van der Waals surface area (Å²) in [7, 11) is 0. The molecule has 0 aliphatic carbocycles. The van der Waals surface area contributed by atoms with Crippen LogP contribution in [-0.4, -0.2) is 13.2 Å². The first-order valence-corrected chi connectivity index (χ1v) is 5.95. The highest BCUT2D eigenvalue weighted by Gasteiger charge is 2.20. The molecule has 0 bridgehead atoms.